The Balaban J connectivity index is 2.17. The highest BCUT2D eigenvalue weighted by Gasteiger charge is 2.18. The summed E-state index contributed by atoms with van der Waals surface area (Å²) in [4.78, 5) is 2.78. The van der Waals surface area contributed by atoms with E-state index in [1.54, 1.807) is 0 Å². The fraction of sp³-hybridized carbons (Fsp3) is 1.00. The first-order valence-electron chi connectivity index (χ1n) is 3.93. The summed E-state index contributed by atoms with van der Waals surface area (Å²) in [6.07, 6.45) is 4.85. The van der Waals surface area contributed by atoms with Crippen molar-refractivity contribution in [1.82, 2.24) is 4.84 Å². The first-order chi connectivity index (χ1) is 4.86. The lowest BCUT2D eigenvalue weighted by Gasteiger charge is -2.25. The molecule has 0 atom stereocenters. The van der Waals surface area contributed by atoms with Crippen molar-refractivity contribution < 1.29 is 0 Å². The maximum absolute atomic E-state index is 5.54. The van der Waals surface area contributed by atoms with Crippen LogP contribution in [0.4, 0.5) is 0 Å². The second-order valence-electron chi connectivity index (χ2n) is 3.06. The minimum atomic E-state index is 0.532. The van der Waals surface area contributed by atoms with Crippen LogP contribution in [0.15, 0.2) is 0 Å². The van der Waals surface area contributed by atoms with Gasteiger partial charge in [0.25, 0.3) is 0 Å². The molecule has 2 nitrogen and oxygen atoms in total. The van der Waals surface area contributed by atoms with Gasteiger partial charge in [-0.05, 0) is 49.9 Å². The lowest BCUT2D eigenvalue weighted by atomic mass is 9.87. The SMILES string of the molecule is NC[C@H]1CC[C@H](NCl)CC1. The molecule has 3 N–H and O–H groups in total. The van der Waals surface area contributed by atoms with Gasteiger partial charge < -0.3 is 5.73 Å². The van der Waals surface area contributed by atoms with Crippen molar-refractivity contribution in [3.05, 3.63) is 0 Å². The summed E-state index contributed by atoms with van der Waals surface area (Å²) in [7, 11) is 0. The van der Waals surface area contributed by atoms with Crippen molar-refractivity contribution in [2.75, 3.05) is 6.54 Å². The molecule has 0 amide bonds. The van der Waals surface area contributed by atoms with E-state index in [0.29, 0.717) is 6.04 Å². The van der Waals surface area contributed by atoms with Gasteiger partial charge in [-0.1, -0.05) is 0 Å². The van der Waals surface area contributed by atoms with Crippen LogP contribution in [0.1, 0.15) is 25.7 Å². The highest BCUT2D eigenvalue weighted by molar-refractivity contribution is 6.13. The number of rotatable bonds is 2. The van der Waals surface area contributed by atoms with Gasteiger partial charge in [0.15, 0.2) is 0 Å². The van der Waals surface area contributed by atoms with Crippen LogP contribution in [0.3, 0.4) is 0 Å². The summed E-state index contributed by atoms with van der Waals surface area (Å²) in [6, 6.07) is 0.532. The maximum atomic E-state index is 5.54. The topological polar surface area (TPSA) is 38.0 Å². The van der Waals surface area contributed by atoms with E-state index in [2.05, 4.69) is 4.84 Å². The lowest BCUT2D eigenvalue weighted by Crippen LogP contribution is -2.29. The van der Waals surface area contributed by atoms with Gasteiger partial charge in [0.1, 0.15) is 0 Å². The zero-order valence-corrected chi connectivity index (χ0v) is 6.90. The number of halogens is 1. The minimum absolute atomic E-state index is 0.532. The summed E-state index contributed by atoms with van der Waals surface area (Å²) in [5.41, 5.74) is 5.54. The summed E-state index contributed by atoms with van der Waals surface area (Å²) in [5, 5.41) is 0. The van der Waals surface area contributed by atoms with Gasteiger partial charge in [-0.25, -0.2) is 4.84 Å². The zero-order chi connectivity index (χ0) is 7.40. The average Bonchev–Trinajstić information content (AvgIpc) is 2.05. The predicted octanol–water partition coefficient (Wildman–Crippen LogP) is 1.25. The zero-order valence-electron chi connectivity index (χ0n) is 6.15. The Hall–Kier alpha value is 0.210. The quantitative estimate of drug-likeness (QED) is 0.600. The first-order valence-corrected chi connectivity index (χ1v) is 4.31. The molecule has 1 rings (SSSR count). The Bertz CT molecular complexity index is 77.6. The number of nitrogens with one attached hydrogen (secondary N) is 1. The van der Waals surface area contributed by atoms with Crippen LogP contribution >= 0.6 is 11.8 Å². The smallest absolute Gasteiger partial charge is 0.0221 e. The number of hydrogen-bond donors (Lipinski definition) is 2. The molecule has 0 radical (unpaired) electrons. The van der Waals surface area contributed by atoms with Crippen molar-refractivity contribution in [2.24, 2.45) is 11.7 Å². The van der Waals surface area contributed by atoms with E-state index < -0.39 is 0 Å². The molecule has 0 aromatic carbocycles. The third kappa shape index (κ3) is 2.11. The van der Waals surface area contributed by atoms with E-state index in [9.17, 15) is 0 Å². The largest absolute Gasteiger partial charge is 0.330 e. The first kappa shape index (κ1) is 8.31. The van der Waals surface area contributed by atoms with Gasteiger partial charge in [0.2, 0.25) is 0 Å². The van der Waals surface area contributed by atoms with E-state index >= 15 is 0 Å². The average molecular weight is 163 g/mol. The van der Waals surface area contributed by atoms with Crippen molar-refractivity contribution in [3.63, 3.8) is 0 Å². The summed E-state index contributed by atoms with van der Waals surface area (Å²) in [6.45, 7) is 0.842. The van der Waals surface area contributed by atoms with E-state index in [1.807, 2.05) is 0 Å². The second kappa shape index (κ2) is 4.16. The molecule has 0 saturated heterocycles. The molecule has 1 fully saturated rings. The molecule has 0 aromatic rings. The number of nitrogens with two attached hydrogens (primary N) is 1. The van der Waals surface area contributed by atoms with E-state index in [4.69, 9.17) is 17.5 Å². The van der Waals surface area contributed by atoms with Gasteiger partial charge in [-0.3, -0.25) is 0 Å². The van der Waals surface area contributed by atoms with Crippen LogP contribution in [0, 0.1) is 5.92 Å². The molecule has 60 valence electrons. The Kier molecular flexibility index (Phi) is 3.46. The summed E-state index contributed by atoms with van der Waals surface area (Å²) < 4.78 is 0. The maximum Gasteiger partial charge on any atom is 0.0221 e. The fourth-order valence-corrected chi connectivity index (χ4v) is 1.73. The van der Waals surface area contributed by atoms with Crippen molar-refractivity contribution in [3.8, 4) is 0 Å². The monoisotopic (exact) mass is 162 g/mol. The van der Waals surface area contributed by atoms with Crippen LogP contribution in [0.25, 0.3) is 0 Å². The standard InChI is InChI=1S/C7H15ClN2/c8-10-7-3-1-6(5-9)2-4-7/h6-7,10H,1-5,9H2/t6-,7-. The van der Waals surface area contributed by atoms with Gasteiger partial charge in [-0.2, -0.15) is 0 Å². The molecule has 0 unspecified atom stereocenters. The van der Waals surface area contributed by atoms with Gasteiger partial charge in [0, 0.05) is 6.04 Å². The number of hydrogen-bond acceptors (Lipinski definition) is 2. The van der Waals surface area contributed by atoms with E-state index in [-0.39, 0.29) is 0 Å². The predicted molar refractivity (Wildman–Crippen MR) is 43.8 cm³/mol. The molecule has 0 spiro atoms. The molecule has 1 aliphatic carbocycles. The van der Waals surface area contributed by atoms with Crippen LogP contribution < -0.4 is 10.6 Å². The molecular weight excluding hydrogens is 148 g/mol. The molecule has 0 aliphatic heterocycles. The van der Waals surface area contributed by atoms with Gasteiger partial charge in [0.05, 0.1) is 0 Å². The Morgan fingerprint density at radius 1 is 1.30 bits per heavy atom. The molecule has 0 aromatic heterocycles. The van der Waals surface area contributed by atoms with E-state index in [1.165, 1.54) is 25.7 Å². The molecule has 1 aliphatic rings. The van der Waals surface area contributed by atoms with Crippen molar-refractivity contribution in [1.29, 1.82) is 0 Å². The molecule has 3 heteroatoms. The van der Waals surface area contributed by atoms with Gasteiger partial charge in [-0.15, -0.1) is 0 Å². The van der Waals surface area contributed by atoms with Crippen molar-refractivity contribution >= 4 is 11.8 Å². The summed E-state index contributed by atoms with van der Waals surface area (Å²) >= 11 is 5.49. The van der Waals surface area contributed by atoms with Gasteiger partial charge >= 0.3 is 0 Å². The highest BCUT2D eigenvalue weighted by Crippen LogP contribution is 2.23. The Morgan fingerprint density at radius 2 is 1.90 bits per heavy atom. The minimum Gasteiger partial charge on any atom is -0.330 e. The van der Waals surface area contributed by atoms with Crippen molar-refractivity contribution in [2.45, 2.75) is 31.7 Å². The molecule has 0 bridgehead atoms. The lowest BCUT2D eigenvalue weighted by molar-refractivity contribution is 0.321. The third-order valence-corrected chi connectivity index (χ3v) is 2.64. The Labute approximate surface area is 67.2 Å². The molecule has 10 heavy (non-hydrogen) atoms. The normalized spacial score (nSPS) is 34.2. The van der Waals surface area contributed by atoms with Crippen LogP contribution in [0.2, 0.25) is 0 Å². The van der Waals surface area contributed by atoms with Crippen LogP contribution in [0.5, 0.6) is 0 Å². The second-order valence-corrected chi connectivity index (χ2v) is 3.28. The molecule has 0 heterocycles. The van der Waals surface area contributed by atoms with Crippen LogP contribution in [-0.4, -0.2) is 12.6 Å². The fourth-order valence-electron chi connectivity index (χ4n) is 1.51. The van der Waals surface area contributed by atoms with E-state index in [0.717, 1.165) is 12.5 Å². The Morgan fingerprint density at radius 3 is 2.30 bits per heavy atom. The summed E-state index contributed by atoms with van der Waals surface area (Å²) in [5.74, 6) is 0.751. The van der Waals surface area contributed by atoms with Crippen LogP contribution in [-0.2, 0) is 0 Å². The highest BCUT2D eigenvalue weighted by atomic mass is 35.5. The molecular formula is C7H15ClN2. The third-order valence-electron chi connectivity index (χ3n) is 2.33. The molecule has 1 saturated carbocycles.